The maximum absolute atomic E-state index is 2.56. The van der Waals surface area contributed by atoms with Gasteiger partial charge in [-0.1, -0.05) is 176 Å². The van der Waals surface area contributed by atoms with Crippen LogP contribution in [0, 0.1) is 0 Å². The van der Waals surface area contributed by atoms with Crippen molar-refractivity contribution in [3.8, 4) is 11.1 Å². The van der Waals surface area contributed by atoms with Gasteiger partial charge >= 0.3 is 0 Å². The SMILES string of the molecule is C/C=C\C1=C(C)c2ccccc2C12c1ccccc1C1(C3=C(CCC=C3)c3ccccc31)c1c(N(c3ccccc3)c3ccccc3-c3ccccc3)cccc12. The molecule has 0 fully saturated rings. The Morgan fingerprint density at radius 2 is 1.07 bits per heavy atom. The van der Waals surface area contributed by atoms with E-state index in [1.807, 2.05) is 0 Å². The van der Waals surface area contributed by atoms with E-state index < -0.39 is 10.8 Å². The largest absolute Gasteiger partial charge is 0.310 e. The molecule has 2 unspecified atom stereocenters. The number of allylic oxidation sites excluding steroid dienone is 8. The highest BCUT2D eigenvalue weighted by Crippen LogP contribution is 2.69. The molecule has 0 heterocycles. The monoisotopic (exact) mass is 729 g/mol. The van der Waals surface area contributed by atoms with Crippen LogP contribution < -0.4 is 4.90 Å². The fourth-order valence-electron chi connectivity index (χ4n) is 11.1. The summed E-state index contributed by atoms with van der Waals surface area (Å²) in [5.74, 6) is 0. The van der Waals surface area contributed by atoms with E-state index in [0.717, 1.165) is 24.2 Å². The van der Waals surface area contributed by atoms with Gasteiger partial charge in [-0.3, -0.25) is 0 Å². The van der Waals surface area contributed by atoms with Gasteiger partial charge in [0.25, 0.3) is 0 Å². The van der Waals surface area contributed by atoms with Gasteiger partial charge in [-0.25, -0.2) is 0 Å². The van der Waals surface area contributed by atoms with E-state index in [9.17, 15) is 0 Å². The number of benzene rings is 7. The summed E-state index contributed by atoms with van der Waals surface area (Å²) in [6.45, 7) is 4.50. The third-order valence-corrected chi connectivity index (χ3v) is 13.1. The molecule has 4 aliphatic rings. The molecule has 0 amide bonds. The van der Waals surface area contributed by atoms with Crippen LogP contribution in [0.1, 0.15) is 71.2 Å². The second-order valence-corrected chi connectivity index (χ2v) is 15.8. The fourth-order valence-corrected chi connectivity index (χ4v) is 11.1. The summed E-state index contributed by atoms with van der Waals surface area (Å²) in [5.41, 5.74) is 21.2. The maximum Gasteiger partial charge on any atom is 0.0737 e. The van der Waals surface area contributed by atoms with Gasteiger partial charge in [-0.15, -0.1) is 0 Å². The van der Waals surface area contributed by atoms with Gasteiger partial charge in [0.1, 0.15) is 0 Å². The predicted octanol–water partition coefficient (Wildman–Crippen LogP) is 14.3. The highest BCUT2D eigenvalue weighted by molar-refractivity contribution is 5.98. The topological polar surface area (TPSA) is 3.24 Å². The first-order chi connectivity index (χ1) is 28.2. The Labute approximate surface area is 336 Å². The van der Waals surface area contributed by atoms with Crippen LogP contribution in [0.2, 0.25) is 0 Å². The zero-order chi connectivity index (χ0) is 38.1. The Morgan fingerprint density at radius 3 is 1.81 bits per heavy atom. The Kier molecular flexibility index (Phi) is 7.63. The summed E-state index contributed by atoms with van der Waals surface area (Å²) in [6, 6.07) is 66.0. The number of rotatable bonds is 5. The molecule has 0 saturated heterocycles. The van der Waals surface area contributed by atoms with Gasteiger partial charge in [-0.2, -0.15) is 0 Å². The lowest BCUT2D eigenvalue weighted by Gasteiger charge is -2.51. The van der Waals surface area contributed by atoms with Gasteiger partial charge in [-0.05, 0) is 118 Å². The maximum atomic E-state index is 2.56. The van der Waals surface area contributed by atoms with Gasteiger partial charge in [0, 0.05) is 16.8 Å². The Morgan fingerprint density at radius 1 is 0.509 bits per heavy atom. The van der Waals surface area contributed by atoms with E-state index in [2.05, 4.69) is 219 Å². The average molecular weight is 730 g/mol. The van der Waals surface area contributed by atoms with E-state index >= 15 is 0 Å². The van der Waals surface area contributed by atoms with Crippen LogP contribution in [-0.2, 0) is 10.8 Å². The number of anilines is 3. The summed E-state index contributed by atoms with van der Waals surface area (Å²) in [6.07, 6.45) is 11.6. The van der Waals surface area contributed by atoms with Crippen molar-refractivity contribution in [3.05, 3.63) is 256 Å². The molecular weight excluding hydrogens is 687 g/mol. The van der Waals surface area contributed by atoms with Gasteiger partial charge < -0.3 is 4.90 Å². The minimum absolute atomic E-state index is 0.543. The molecule has 0 aliphatic heterocycles. The number of fused-ring (bicyclic) bond motifs is 12. The van der Waals surface area contributed by atoms with Crippen molar-refractivity contribution in [1.82, 2.24) is 0 Å². The van der Waals surface area contributed by atoms with Gasteiger partial charge in [0.05, 0.1) is 22.2 Å². The first-order valence-electron chi connectivity index (χ1n) is 20.4. The van der Waals surface area contributed by atoms with Crippen LogP contribution in [0.3, 0.4) is 0 Å². The average Bonchev–Trinajstić information content (AvgIpc) is 3.71. The summed E-state index contributed by atoms with van der Waals surface area (Å²) < 4.78 is 0. The van der Waals surface area contributed by atoms with Gasteiger partial charge in [0.15, 0.2) is 0 Å². The summed E-state index contributed by atoms with van der Waals surface area (Å²) in [4.78, 5) is 2.56. The quantitative estimate of drug-likeness (QED) is 0.170. The number of para-hydroxylation sites is 2. The zero-order valence-corrected chi connectivity index (χ0v) is 32.4. The van der Waals surface area contributed by atoms with Crippen molar-refractivity contribution in [2.24, 2.45) is 0 Å². The van der Waals surface area contributed by atoms with Crippen molar-refractivity contribution in [2.45, 2.75) is 37.5 Å². The van der Waals surface area contributed by atoms with E-state index in [4.69, 9.17) is 0 Å². The molecule has 0 N–H and O–H groups in total. The molecule has 11 rings (SSSR count). The molecular formula is C56H43N. The second kappa shape index (κ2) is 12.9. The molecule has 57 heavy (non-hydrogen) atoms. The normalized spacial score (nSPS) is 19.8. The third kappa shape index (κ3) is 4.46. The summed E-state index contributed by atoms with van der Waals surface area (Å²) >= 11 is 0. The zero-order valence-electron chi connectivity index (χ0n) is 32.4. The van der Waals surface area contributed by atoms with Crippen molar-refractivity contribution in [3.63, 3.8) is 0 Å². The van der Waals surface area contributed by atoms with Crippen molar-refractivity contribution >= 4 is 28.2 Å². The van der Waals surface area contributed by atoms with E-state index in [1.165, 1.54) is 83.6 Å². The van der Waals surface area contributed by atoms with Crippen LogP contribution >= 0.6 is 0 Å². The molecule has 1 nitrogen and oxygen atoms in total. The lowest BCUT2D eigenvalue weighted by atomic mass is 9.51. The first kappa shape index (κ1) is 33.6. The molecule has 1 heteroatoms. The Bertz CT molecular complexity index is 2870. The molecule has 0 radical (unpaired) electrons. The van der Waals surface area contributed by atoms with E-state index in [-0.39, 0.29) is 0 Å². The van der Waals surface area contributed by atoms with E-state index in [1.54, 1.807) is 0 Å². The summed E-state index contributed by atoms with van der Waals surface area (Å²) in [5, 5.41) is 0. The minimum atomic E-state index is -0.572. The lowest BCUT2D eigenvalue weighted by Crippen LogP contribution is -2.45. The molecule has 0 saturated carbocycles. The number of hydrogen-bond acceptors (Lipinski definition) is 1. The Hall–Kier alpha value is -6.70. The Balaban J connectivity index is 1.37. The molecule has 272 valence electrons. The van der Waals surface area contributed by atoms with Crippen LogP contribution in [0.5, 0.6) is 0 Å². The predicted molar refractivity (Wildman–Crippen MR) is 238 cm³/mol. The van der Waals surface area contributed by atoms with E-state index in [0.29, 0.717) is 0 Å². The molecule has 2 spiro atoms. The summed E-state index contributed by atoms with van der Waals surface area (Å²) in [7, 11) is 0. The van der Waals surface area contributed by atoms with Crippen molar-refractivity contribution < 1.29 is 0 Å². The fraction of sp³-hybridized carbons (Fsp3) is 0.107. The lowest BCUT2D eigenvalue weighted by molar-refractivity contribution is 0.626. The molecule has 7 aromatic carbocycles. The first-order valence-corrected chi connectivity index (χ1v) is 20.4. The smallest absolute Gasteiger partial charge is 0.0737 e. The van der Waals surface area contributed by atoms with Crippen LogP contribution in [0.4, 0.5) is 17.1 Å². The minimum Gasteiger partial charge on any atom is -0.310 e. The van der Waals surface area contributed by atoms with Crippen molar-refractivity contribution in [2.75, 3.05) is 4.90 Å². The molecule has 4 aliphatic carbocycles. The van der Waals surface area contributed by atoms with Gasteiger partial charge in [0.2, 0.25) is 0 Å². The van der Waals surface area contributed by atoms with Crippen LogP contribution in [0.25, 0.3) is 22.3 Å². The molecule has 0 aromatic heterocycles. The van der Waals surface area contributed by atoms with Crippen LogP contribution in [-0.4, -0.2) is 0 Å². The van der Waals surface area contributed by atoms with Crippen molar-refractivity contribution in [1.29, 1.82) is 0 Å². The second-order valence-electron chi connectivity index (χ2n) is 15.8. The number of nitrogens with zero attached hydrogens (tertiary/aromatic N) is 1. The highest BCUT2D eigenvalue weighted by atomic mass is 15.1. The standard InChI is InChI=1S/C56H43N/c1-3-21-45-38(2)41-26-10-14-30-46(41)55(45)49-33-17-18-34-50(49)56(47-31-15-11-28-43(47)44-29-12-16-32-48(44)56)54-51(55)35-20-37-53(54)57(40-24-8-5-9-25-40)52-36-19-13-27-42(52)39-22-6-4-7-23-39/h3-11,13-28,30-37H,12,29H2,1-2H3/b21-3-. The number of hydrogen-bond donors (Lipinski definition) is 0. The van der Waals surface area contributed by atoms with Crippen LogP contribution in [0.15, 0.2) is 211 Å². The molecule has 7 aromatic rings. The third-order valence-electron chi connectivity index (χ3n) is 13.1. The highest BCUT2D eigenvalue weighted by Gasteiger charge is 2.60. The molecule has 0 bridgehead atoms. The molecule has 2 atom stereocenters.